The van der Waals surface area contributed by atoms with Crippen molar-refractivity contribution in [2.75, 3.05) is 6.54 Å². The Hall–Kier alpha value is -1.35. The molecule has 1 fully saturated rings. The summed E-state index contributed by atoms with van der Waals surface area (Å²) in [4.78, 5) is 10.5. The Morgan fingerprint density at radius 3 is 2.62 bits per heavy atom. The lowest BCUT2D eigenvalue weighted by Crippen LogP contribution is -2.50. The first-order chi connectivity index (χ1) is 7.72. The van der Waals surface area contributed by atoms with E-state index in [2.05, 4.69) is 12.2 Å². The van der Waals surface area contributed by atoms with Gasteiger partial charge in [0.1, 0.15) is 12.0 Å². The highest BCUT2D eigenvalue weighted by Crippen LogP contribution is 2.23. The van der Waals surface area contributed by atoms with Crippen LogP contribution in [0, 0.1) is 0 Å². The van der Waals surface area contributed by atoms with Crippen molar-refractivity contribution < 1.29 is 9.53 Å². The Balaban J connectivity index is 2.04. The predicted octanol–water partition coefficient (Wildman–Crippen LogP) is 2.37. The number of hydrogen-bond donors (Lipinski definition) is 1. The van der Waals surface area contributed by atoms with E-state index in [9.17, 15) is 4.79 Å². The van der Waals surface area contributed by atoms with Crippen molar-refractivity contribution >= 4 is 6.29 Å². The van der Waals surface area contributed by atoms with Crippen LogP contribution in [0.3, 0.4) is 0 Å². The van der Waals surface area contributed by atoms with Gasteiger partial charge in [0.2, 0.25) is 0 Å². The highest BCUT2D eigenvalue weighted by Gasteiger charge is 2.27. The standard InChI is InChI=1S/C13H17NO2/c1-13(8-2-3-9-14-13)16-12-6-4-11(10-15)5-7-12/h4-7,10,14H,2-3,8-9H2,1H3/t13-/m0/s1. The lowest BCUT2D eigenvalue weighted by molar-refractivity contribution is 0.0255. The predicted molar refractivity (Wildman–Crippen MR) is 62.7 cm³/mol. The van der Waals surface area contributed by atoms with Crippen molar-refractivity contribution in [3.05, 3.63) is 29.8 Å². The number of nitrogens with one attached hydrogen (secondary N) is 1. The van der Waals surface area contributed by atoms with Crippen LogP contribution in [-0.2, 0) is 0 Å². The third kappa shape index (κ3) is 2.61. The lowest BCUT2D eigenvalue weighted by atomic mass is 10.0. The van der Waals surface area contributed by atoms with Crippen LogP contribution in [0.4, 0.5) is 0 Å². The minimum Gasteiger partial charge on any atom is -0.473 e. The third-order valence-electron chi connectivity index (χ3n) is 2.94. The van der Waals surface area contributed by atoms with Crippen LogP contribution in [0.15, 0.2) is 24.3 Å². The van der Waals surface area contributed by atoms with Crippen LogP contribution < -0.4 is 10.1 Å². The maximum Gasteiger partial charge on any atom is 0.158 e. The van der Waals surface area contributed by atoms with Gasteiger partial charge in [0.15, 0.2) is 5.72 Å². The van der Waals surface area contributed by atoms with Gasteiger partial charge in [-0.2, -0.15) is 0 Å². The molecule has 16 heavy (non-hydrogen) atoms. The van der Waals surface area contributed by atoms with E-state index in [1.807, 2.05) is 12.1 Å². The van der Waals surface area contributed by atoms with E-state index in [0.29, 0.717) is 5.56 Å². The Morgan fingerprint density at radius 2 is 2.06 bits per heavy atom. The number of carbonyl (C=O) groups excluding carboxylic acids is 1. The van der Waals surface area contributed by atoms with Gasteiger partial charge in [0.25, 0.3) is 0 Å². The first kappa shape index (κ1) is 11.1. The molecule has 1 aliphatic rings. The first-order valence-corrected chi connectivity index (χ1v) is 5.71. The van der Waals surface area contributed by atoms with Gasteiger partial charge in [-0.1, -0.05) is 0 Å². The zero-order valence-corrected chi connectivity index (χ0v) is 9.53. The summed E-state index contributed by atoms with van der Waals surface area (Å²) < 4.78 is 5.92. The summed E-state index contributed by atoms with van der Waals surface area (Å²) in [5.41, 5.74) is 0.412. The fourth-order valence-electron chi connectivity index (χ4n) is 1.99. The average Bonchev–Trinajstić information content (AvgIpc) is 2.30. The largest absolute Gasteiger partial charge is 0.473 e. The molecule has 0 amide bonds. The van der Waals surface area contributed by atoms with Crippen LogP contribution >= 0.6 is 0 Å². The molecule has 1 N–H and O–H groups in total. The fourth-order valence-corrected chi connectivity index (χ4v) is 1.99. The zero-order valence-electron chi connectivity index (χ0n) is 9.53. The van der Waals surface area contributed by atoms with Gasteiger partial charge in [-0.25, -0.2) is 0 Å². The summed E-state index contributed by atoms with van der Waals surface area (Å²) in [5.74, 6) is 0.808. The van der Waals surface area contributed by atoms with E-state index in [1.165, 1.54) is 12.8 Å². The van der Waals surface area contributed by atoms with Gasteiger partial charge < -0.3 is 4.74 Å². The highest BCUT2D eigenvalue weighted by atomic mass is 16.5. The molecule has 0 aromatic heterocycles. The number of aldehydes is 1. The van der Waals surface area contributed by atoms with E-state index in [-0.39, 0.29) is 5.72 Å². The number of hydrogen-bond acceptors (Lipinski definition) is 3. The number of rotatable bonds is 3. The zero-order chi connectivity index (χ0) is 11.4. The van der Waals surface area contributed by atoms with E-state index in [1.54, 1.807) is 12.1 Å². The van der Waals surface area contributed by atoms with E-state index in [0.717, 1.165) is 25.0 Å². The van der Waals surface area contributed by atoms with Crippen LogP contribution in [0.1, 0.15) is 36.5 Å². The molecule has 1 aromatic carbocycles. The summed E-state index contributed by atoms with van der Waals surface area (Å²) in [6.45, 7) is 3.07. The lowest BCUT2D eigenvalue weighted by Gasteiger charge is -2.35. The number of carbonyl (C=O) groups is 1. The summed E-state index contributed by atoms with van der Waals surface area (Å²) in [7, 11) is 0. The van der Waals surface area contributed by atoms with Gasteiger partial charge >= 0.3 is 0 Å². The Labute approximate surface area is 95.8 Å². The summed E-state index contributed by atoms with van der Waals surface area (Å²) in [6.07, 6.45) is 4.26. The molecule has 1 aromatic rings. The van der Waals surface area contributed by atoms with Crippen molar-refractivity contribution in [3.8, 4) is 5.75 Å². The molecule has 3 nitrogen and oxygen atoms in total. The molecule has 1 saturated heterocycles. The summed E-state index contributed by atoms with van der Waals surface area (Å²) >= 11 is 0. The topological polar surface area (TPSA) is 38.3 Å². The van der Waals surface area contributed by atoms with Crippen LogP contribution in [0.25, 0.3) is 0 Å². The minimum absolute atomic E-state index is 0.263. The third-order valence-corrected chi connectivity index (χ3v) is 2.94. The van der Waals surface area contributed by atoms with Crippen LogP contribution in [0.2, 0.25) is 0 Å². The Kier molecular flexibility index (Phi) is 3.25. The van der Waals surface area contributed by atoms with Gasteiger partial charge in [-0.05, 0) is 50.6 Å². The second-order valence-electron chi connectivity index (χ2n) is 4.40. The van der Waals surface area contributed by atoms with Gasteiger partial charge in [0.05, 0.1) is 0 Å². The fraction of sp³-hybridized carbons (Fsp3) is 0.462. The van der Waals surface area contributed by atoms with Crippen molar-refractivity contribution in [2.45, 2.75) is 31.9 Å². The number of ether oxygens (including phenoxy) is 1. The monoisotopic (exact) mass is 219 g/mol. The van der Waals surface area contributed by atoms with Gasteiger partial charge in [-0.15, -0.1) is 0 Å². The van der Waals surface area contributed by atoms with Crippen molar-refractivity contribution in [3.63, 3.8) is 0 Å². The second-order valence-corrected chi connectivity index (χ2v) is 4.40. The summed E-state index contributed by atoms with van der Waals surface area (Å²) in [5, 5.41) is 3.38. The summed E-state index contributed by atoms with van der Waals surface area (Å²) in [6, 6.07) is 7.22. The van der Waals surface area contributed by atoms with Crippen molar-refractivity contribution in [1.82, 2.24) is 5.32 Å². The first-order valence-electron chi connectivity index (χ1n) is 5.71. The molecule has 0 aliphatic carbocycles. The molecule has 0 saturated carbocycles. The van der Waals surface area contributed by atoms with Crippen molar-refractivity contribution in [1.29, 1.82) is 0 Å². The molecule has 2 rings (SSSR count). The Bertz CT molecular complexity index is 353. The molecule has 1 atom stereocenters. The van der Waals surface area contributed by atoms with Crippen LogP contribution in [-0.4, -0.2) is 18.6 Å². The quantitative estimate of drug-likeness (QED) is 0.793. The van der Waals surface area contributed by atoms with E-state index >= 15 is 0 Å². The maximum atomic E-state index is 10.5. The molecule has 0 unspecified atom stereocenters. The molecular formula is C13H17NO2. The molecule has 0 bridgehead atoms. The second kappa shape index (κ2) is 4.66. The minimum atomic E-state index is -0.263. The highest BCUT2D eigenvalue weighted by molar-refractivity contribution is 5.74. The molecule has 86 valence electrons. The SMILES string of the molecule is C[C@]1(Oc2ccc(C=O)cc2)CCCCN1. The maximum absolute atomic E-state index is 10.5. The molecule has 3 heteroatoms. The van der Waals surface area contributed by atoms with Crippen molar-refractivity contribution in [2.24, 2.45) is 0 Å². The van der Waals surface area contributed by atoms with Gasteiger partial charge in [0, 0.05) is 12.0 Å². The van der Waals surface area contributed by atoms with Crippen LogP contribution in [0.5, 0.6) is 5.75 Å². The molecule has 0 spiro atoms. The molecular weight excluding hydrogens is 202 g/mol. The molecule has 1 aliphatic heterocycles. The average molecular weight is 219 g/mol. The molecule has 0 radical (unpaired) electrons. The van der Waals surface area contributed by atoms with E-state index < -0.39 is 0 Å². The molecule has 1 heterocycles. The smallest absolute Gasteiger partial charge is 0.158 e. The Morgan fingerprint density at radius 1 is 1.31 bits per heavy atom. The normalized spacial score (nSPS) is 25.1. The number of piperidine rings is 1. The van der Waals surface area contributed by atoms with E-state index in [4.69, 9.17) is 4.74 Å². The number of benzene rings is 1. The van der Waals surface area contributed by atoms with Gasteiger partial charge in [-0.3, -0.25) is 10.1 Å².